The number of hydrogen-bond acceptors (Lipinski definition) is 6. The first-order valence-electron chi connectivity index (χ1n) is 11.3. The SMILES string of the molecule is O=S(=O)(O)c1c(-c2ccc(-c3ccc(-c4oc5ccccc5c4S(=O)(=O)O)cc3)cc2)oc2ccccc12.[NaH].[NaH]. The molecule has 0 radical (unpaired) electrons. The molecule has 4 aromatic carbocycles. The second-order valence-corrected chi connectivity index (χ2v) is 11.3. The third-order valence-electron chi connectivity index (χ3n) is 6.24. The van der Waals surface area contributed by atoms with Gasteiger partial charge in [-0.25, -0.2) is 0 Å². The molecule has 0 spiro atoms. The first-order valence-corrected chi connectivity index (χ1v) is 14.2. The van der Waals surface area contributed by atoms with Crippen molar-refractivity contribution in [1.29, 1.82) is 0 Å². The van der Waals surface area contributed by atoms with Crippen LogP contribution in [0.4, 0.5) is 0 Å². The molecular weight excluding hydrogens is 574 g/mol. The minimum absolute atomic E-state index is 0. The zero-order chi connectivity index (χ0) is 26.7. The van der Waals surface area contributed by atoms with Gasteiger partial charge in [-0.3, -0.25) is 9.11 Å². The van der Waals surface area contributed by atoms with E-state index in [1.165, 1.54) is 0 Å². The van der Waals surface area contributed by atoms with Gasteiger partial charge in [0.2, 0.25) is 0 Å². The summed E-state index contributed by atoms with van der Waals surface area (Å²) in [6.07, 6.45) is 0. The summed E-state index contributed by atoms with van der Waals surface area (Å²) in [4.78, 5) is -0.573. The Hall–Kier alpha value is -2.22. The molecule has 12 heteroatoms. The molecular formula is C28H20Na2O8S2. The van der Waals surface area contributed by atoms with Gasteiger partial charge in [0.25, 0.3) is 20.2 Å². The predicted molar refractivity (Wildman–Crippen MR) is 156 cm³/mol. The van der Waals surface area contributed by atoms with Crippen LogP contribution in [0.2, 0.25) is 0 Å². The minimum atomic E-state index is -4.55. The van der Waals surface area contributed by atoms with Gasteiger partial charge in [-0.05, 0) is 35.4 Å². The van der Waals surface area contributed by atoms with E-state index in [9.17, 15) is 25.9 Å². The van der Waals surface area contributed by atoms with Gasteiger partial charge in [0, 0.05) is 21.9 Å². The predicted octanol–water partition coefficient (Wildman–Crippen LogP) is 5.38. The summed E-state index contributed by atoms with van der Waals surface area (Å²) >= 11 is 0. The molecule has 6 aromatic rings. The van der Waals surface area contributed by atoms with Crippen molar-refractivity contribution >= 4 is 101 Å². The van der Waals surface area contributed by atoms with E-state index in [-0.39, 0.29) is 80.4 Å². The van der Waals surface area contributed by atoms with Gasteiger partial charge in [-0.15, -0.1) is 0 Å². The fraction of sp³-hybridized carbons (Fsp3) is 0. The van der Waals surface area contributed by atoms with Crippen LogP contribution < -0.4 is 0 Å². The van der Waals surface area contributed by atoms with Crippen molar-refractivity contribution in [2.45, 2.75) is 9.79 Å². The molecule has 2 aromatic heterocycles. The molecule has 8 nitrogen and oxygen atoms in total. The molecule has 0 atom stereocenters. The van der Waals surface area contributed by atoms with Crippen molar-refractivity contribution in [3.8, 4) is 33.8 Å². The zero-order valence-electron chi connectivity index (χ0n) is 19.4. The van der Waals surface area contributed by atoms with E-state index >= 15 is 0 Å². The zero-order valence-corrected chi connectivity index (χ0v) is 21.0. The van der Waals surface area contributed by atoms with Crippen LogP contribution in [-0.4, -0.2) is 85.1 Å². The summed E-state index contributed by atoms with van der Waals surface area (Å²) in [6.45, 7) is 0. The molecule has 0 saturated carbocycles. The van der Waals surface area contributed by atoms with E-state index in [0.29, 0.717) is 33.1 Å². The summed E-state index contributed by atoms with van der Waals surface area (Å²) in [5.74, 6) is 0.0800. The topological polar surface area (TPSA) is 135 Å². The van der Waals surface area contributed by atoms with Crippen molar-refractivity contribution in [2.75, 3.05) is 0 Å². The Labute approximate surface area is 274 Å². The van der Waals surface area contributed by atoms with E-state index in [0.717, 1.165) is 11.1 Å². The molecule has 40 heavy (non-hydrogen) atoms. The summed E-state index contributed by atoms with van der Waals surface area (Å²) in [7, 11) is -9.09. The molecule has 2 N–H and O–H groups in total. The van der Waals surface area contributed by atoms with Crippen LogP contribution in [0.1, 0.15) is 0 Å². The van der Waals surface area contributed by atoms with Gasteiger partial charge >= 0.3 is 59.1 Å². The van der Waals surface area contributed by atoms with Crippen molar-refractivity contribution in [3.63, 3.8) is 0 Å². The Morgan fingerprint density at radius 2 is 0.750 bits per heavy atom. The maximum absolute atomic E-state index is 12.1. The van der Waals surface area contributed by atoms with E-state index in [1.807, 2.05) is 0 Å². The molecule has 0 aliphatic rings. The summed E-state index contributed by atoms with van der Waals surface area (Å²) in [6, 6.07) is 27.0. The molecule has 0 amide bonds. The summed E-state index contributed by atoms with van der Waals surface area (Å²) in [5.41, 5.74) is 3.20. The van der Waals surface area contributed by atoms with Crippen LogP contribution in [0.5, 0.6) is 0 Å². The molecule has 0 fully saturated rings. The van der Waals surface area contributed by atoms with Gasteiger partial charge in [0.05, 0.1) is 0 Å². The van der Waals surface area contributed by atoms with Gasteiger partial charge in [-0.1, -0.05) is 72.8 Å². The first kappa shape index (κ1) is 30.7. The number of furan rings is 2. The van der Waals surface area contributed by atoms with Crippen LogP contribution in [0, 0.1) is 0 Å². The van der Waals surface area contributed by atoms with Gasteiger partial charge in [0.1, 0.15) is 21.0 Å². The van der Waals surface area contributed by atoms with Gasteiger partial charge in [-0.2, -0.15) is 16.8 Å². The molecule has 0 bridgehead atoms. The molecule has 0 saturated heterocycles. The molecule has 0 aliphatic carbocycles. The van der Waals surface area contributed by atoms with Crippen LogP contribution in [0.25, 0.3) is 55.7 Å². The average molecular weight is 595 g/mol. The Morgan fingerprint density at radius 1 is 0.450 bits per heavy atom. The number of fused-ring (bicyclic) bond motifs is 2. The van der Waals surface area contributed by atoms with Crippen LogP contribution >= 0.6 is 0 Å². The Balaban J connectivity index is 0.00000185. The van der Waals surface area contributed by atoms with E-state index in [4.69, 9.17) is 8.83 Å². The molecule has 0 unspecified atom stereocenters. The third kappa shape index (κ3) is 5.62. The number of benzene rings is 4. The van der Waals surface area contributed by atoms with Crippen molar-refractivity contribution in [3.05, 3.63) is 97.1 Å². The van der Waals surface area contributed by atoms with Crippen LogP contribution in [0.3, 0.4) is 0 Å². The third-order valence-corrected chi connectivity index (χ3v) is 8.09. The monoisotopic (exact) mass is 594 g/mol. The number of rotatable bonds is 5. The average Bonchev–Trinajstić information content (AvgIpc) is 3.48. The van der Waals surface area contributed by atoms with Gasteiger partial charge < -0.3 is 8.83 Å². The van der Waals surface area contributed by atoms with Crippen LogP contribution in [0.15, 0.2) is 116 Å². The van der Waals surface area contributed by atoms with E-state index < -0.39 is 20.2 Å². The first-order chi connectivity index (χ1) is 18.1. The van der Waals surface area contributed by atoms with Crippen LogP contribution in [-0.2, 0) is 20.2 Å². The molecule has 0 aliphatic heterocycles. The summed E-state index contributed by atoms with van der Waals surface area (Å²) in [5, 5.41) is 0.582. The Morgan fingerprint density at radius 3 is 1.07 bits per heavy atom. The fourth-order valence-corrected chi connectivity index (χ4v) is 6.24. The summed E-state index contributed by atoms with van der Waals surface area (Å²) < 4.78 is 79.7. The second kappa shape index (κ2) is 11.6. The number of para-hydroxylation sites is 2. The maximum atomic E-state index is 12.1. The number of hydrogen-bond donors (Lipinski definition) is 2. The van der Waals surface area contributed by atoms with E-state index in [2.05, 4.69) is 0 Å². The normalized spacial score (nSPS) is 11.8. The van der Waals surface area contributed by atoms with Crippen molar-refractivity contribution in [2.24, 2.45) is 0 Å². The van der Waals surface area contributed by atoms with Gasteiger partial charge in [0.15, 0.2) is 11.5 Å². The quantitative estimate of drug-likeness (QED) is 0.201. The molecule has 6 rings (SSSR count). The Bertz CT molecular complexity index is 1910. The standard InChI is InChI=1S/C28H18O8S2.2Na.2H/c29-37(30,31)27-21-5-1-3-7-23(21)35-25(27)19-13-9-17(10-14-19)18-11-15-20(16-12-18)26-28(38(32,33)34)22-6-2-4-8-24(22)36-26;;;;/h1-16H,(H,29,30,31)(H,32,33,34);;;;. The van der Waals surface area contributed by atoms with E-state index in [1.54, 1.807) is 97.1 Å². The molecule has 2 heterocycles. The Kier molecular flexibility index (Phi) is 8.89. The molecule has 194 valence electrons. The van der Waals surface area contributed by atoms with Crippen molar-refractivity contribution in [1.82, 2.24) is 0 Å². The second-order valence-electron chi connectivity index (χ2n) is 8.62. The fourth-order valence-electron chi connectivity index (χ4n) is 4.56. The van der Waals surface area contributed by atoms with Crippen molar-refractivity contribution < 1.29 is 34.8 Å².